The molecule has 3 nitrogen and oxygen atoms in total. The average molecular weight is 387 g/mol. The first-order valence-corrected chi connectivity index (χ1v) is 4.73. The van der Waals surface area contributed by atoms with E-state index < -0.39 is 0 Å². The molecule has 3 N–H and O–H groups in total. The summed E-state index contributed by atoms with van der Waals surface area (Å²) in [7, 11) is 0. The van der Waals surface area contributed by atoms with E-state index in [1.165, 1.54) is 0 Å². The molecule has 0 bridgehead atoms. The Kier molecular flexibility index (Phi) is 6.05. The van der Waals surface area contributed by atoms with Crippen molar-refractivity contribution in [3.05, 3.63) is 41.1 Å². The van der Waals surface area contributed by atoms with Gasteiger partial charge in [0.25, 0.3) is 0 Å². The van der Waals surface area contributed by atoms with E-state index in [0.717, 1.165) is 11.3 Å². The molecule has 0 spiro atoms. The van der Waals surface area contributed by atoms with Crippen molar-refractivity contribution in [1.82, 2.24) is 0 Å². The van der Waals surface area contributed by atoms with Crippen LogP contribution in [0.25, 0.3) is 0 Å². The van der Waals surface area contributed by atoms with E-state index in [1.807, 2.05) is 19.1 Å². The van der Waals surface area contributed by atoms with Crippen molar-refractivity contribution < 1.29 is 25.9 Å². The Morgan fingerprint density at radius 2 is 2.00 bits per heavy atom. The van der Waals surface area contributed by atoms with Crippen LogP contribution in [0.4, 0.5) is 5.69 Å². The fourth-order valence-corrected chi connectivity index (χ4v) is 0.984. The normalized spacial score (nSPS) is 11.2. The van der Waals surface area contributed by atoms with Gasteiger partial charge in [0.2, 0.25) is 5.91 Å². The van der Waals surface area contributed by atoms with Crippen molar-refractivity contribution in [2.75, 3.05) is 5.32 Å². The first-order chi connectivity index (χ1) is 7.00. The number of allylic oxidation sites excluding steroid dienone is 1. The van der Waals surface area contributed by atoms with Crippen LogP contribution in [-0.4, -0.2) is 5.91 Å². The molecule has 0 aromatic heterocycles. The molecule has 4 heteroatoms. The third kappa shape index (κ3) is 4.19. The number of aryl methyl sites for hydroxylation is 1. The fraction of sp³-hybridized carbons (Fsp3) is 0.250. The molecule has 16 heavy (non-hydrogen) atoms. The molecule has 0 fully saturated rings. The number of amides is 1. The molecule has 0 radical (unpaired) electrons. The summed E-state index contributed by atoms with van der Waals surface area (Å²) in [4.78, 5) is 11.6. The van der Waals surface area contributed by atoms with Gasteiger partial charge in [0, 0.05) is 32.3 Å². The van der Waals surface area contributed by atoms with E-state index in [0.29, 0.717) is 11.3 Å². The molecule has 1 aromatic rings. The molecule has 1 rings (SSSR count). The number of carbonyl (C=O) groups is 1. The van der Waals surface area contributed by atoms with Gasteiger partial charge in [0.1, 0.15) is 0 Å². The summed E-state index contributed by atoms with van der Waals surface area (Å²) >= 11 is 0. The molecule has 0 aliphatic rings. The maximum atomic E-state index is 11.6. The summed E-state index contributed by atoms with van der Waals surface area (Å²) in [6, 6.07) is 8.48. The van der Waals surface area contributed by atoms with Crippen LogP contribution >= 0.6 is 0 Å². The Morgan fingerprint density at radius 3 is 2.44 bits per heavy atom. The third-order valence-electron chi connectivity index (χ3n) is 2.16. The van der Waals surface area contributed by atoms with Crippen LogP contribution in [0.5, 0.6) is 0 Å². The van der Waals surface area contributed by atoms with Gasteiger partial charge >= 0.3 is 0 Å². The molecule has 0 aliphatic carbocycles. The molecule has 1 aromatic carbocycles. The number of hydrogen-bond acceptors (Lipinski definition) is 2. The molecule has 0 unspecified atom stereocenters. The molecular formula is C12H15N2OW-. The zero-order valence-electron chi connectivity index (χ0n) is 9.63. The smallest absolute Gasteiger partial charge is 0.242 e. The quantitative estimate of drug-likeness (QED) is 0.603. The van der Waals surface area contributed by atoms with Crippen molar-refractivity contribution >= 4 is 11.6 Å². The summed E-state index contributed by atoms with van der Waals surface area (Å²) in [5.74, 6) is -0.174. The largest absolute Gasteiger partial charge is 0.402 e. The zero-order chi connectivity index (χ0) is 11.4. The van der Waals surface area contributed by atoms with Crippen molar-refractivity contribution in [1.29, 1.82) is 0 Å². The van der Waals surface area contributed by atoms with E-state index in [9.17, 15) is 4.79 Å². The van der Waals surface area contributed by atoms with Crippen LogP contribution in [0.2, 0.25) is 0 Å². The minimum absolute atomic E-state index is 0. The van der Waals surface area contributed by atoms with Crippen LogP contribution in [0, 0.1) is 13.0 Å². The van der Waals surface area contributed by atoms with Crippen molar-refractivity contribution in [2.24, 2.45) is 5.73 Å². The van der Waals surface area contributed by atoms with E-state index in [4.69, 9.17) is 5.73 Å². The second-order valence-electron chi connectivity index (χ2n) is 3.52. The minimum atomic E-state index is -0.174. The molecule has 0 atom stereocenters. The Bertz CT molecular complexity index is 392. The molecular weight excluding hydrogens is 372 g/mol. The van der Waals surface area contributed by atoms with E-state index in [1.54, 1.807) is 19.9 Å². The van der Waals surface area contributed by atoms with E-state index in [2.05, 4.69) is 11.4 Å². The van der Waals surface area contributed by atoms with Crippen LogP contribution in [0.3, 0.4) is 0 Å². The van der Waals surface area contributed by atoms with Crippen molar-refractivity contribution in [3.8, 4) is 0 Å². The summed E-state index contributed by atoms with van der Waals surface area (Å²) in [5.41, 5.74) is 8.36. The maximum Gasteiger partial charge on any atom is 0.242 e. The van der Waals surface area contributed by atoms with Gasteiger partial charge in [-0.2, -0.15) is 23.8 Å². The Labute approximate surface area is 110 Å². The number of rotatable bonds is 2. The van der Waals surface area contributed by atoms with Crippen LogP contribution < -0.4 is 11.1 Å². The second kappa shape index (κ2) is 6.49. The van der Waals surface area contributed by atoms with Gasteiger partial charge in [-0.15, -0.1) is 6.07 Å². The van der Waals surface area contributed by atoms with E-state index >= 15 is 0 Å². The predicted octanol–water partition coefficient (Wildman–Crippen LogP) is 1.98. The summed E-state index contributed by atoms with van der Waals surface area (Å²) in [5, 5.41) is 2.74. The van der Waals surface area contributed by atoms with Crippen LogP contribution in [0.1, 0.15) is 19.4 Å². The standard InChI is InChI=1S/C12H15N2O.W/c1-8-4-6-11(7-5-8)14-12(15)9(2)10(3)13;/h4,6-7H,13H2,1-3H3,(H,14,15);/q-1;/b10-9-;. The second-order valence-corrected chi connectivity index (χ2v) is 3.52. The molecule has 0 saturated heterocycles. The van der Waals surface area contributed by atoms with Gasteiger partial charge < -0.3 is 11.1 Å². The van der Waals surface area contributed by atoms with Gasteiger partial charge in [-0.3, -0.25) is 4.79 Å². The Hall–Kier alpha value is -1.08. The third-order valence-corrected chi connectivity index (χ3v) is 2.16. The van der Waals surface area contributed by atoms with Crippen LogP contribution in [-0.2, 0) is 25.9 Å². The van der Waals surface area contributed by atoms with Gasteiger partial charge in [0.05, 0.1) is 0 Å². The summed E-state index contributed by atoms with van der Waals surface area (Å²) in [6.07, 6.45) is 0. The SMILES string of the molecule is C/C(N)=C(\C)C(=O)Nc1c[c-]c(C)cc1.[W]. The molecule has 86 valence electrons. The van der Waals surface area contributed by atoms with Gasteiger partial charge in [-0.05, 0) is 13.8 Å². The molecule has 1 amide bonds. The zero-order valence-corrected chi connectivity index (χ0v) is 12.6. The van der Waals surface area contributed by atoms with Gasteiger partial charge in [-0.1, -0.05) is 12.6 Å². The number of nitrogens with two attached hydrogens (primary N) is 1. The van der Waals surface area contributed by atoms with Crippen LogP contribution in [0.15, 0.2) is 29.5 Å². The Balaban J connectivity index is 0.00000225. The predicted molar refractivity (Wildman–Crippen MR) is 61.2 cm³/mol. The monoisotopic (exact) mass is 387 g/mol. The van der Waals surface area contributed by atoms with Gasteiger partial charge in [-0.25, -0.2) is 0 Å². The van der Waals surface area contributed by atoms with Crippen molar-refractivity contribution in [3.63, 3.8) is 0 Å². The molecule has 0 aliphatic heterocycles. The average Bonchev–Trinajstić information content (AvgIpc) is 2.20. The summed E-state index contributed by atoms with van der Waals surface area (Å²) in [6.45, 7) is 5.35. The maximum absolute atomic E-state index is 11.6. The first-order valence-electron chi connectivity index (χ1n) is 4.73. The Morgan fingerprint density at radius 1 is 1.38 bits per heavy atom. The number of benzene rings is 1. The minimum Gasteiger partial charge on any atom is -0.402 e. The summed E-state index contributed by atoms with van der Waals surface area (Å²) < 4.78 is 0. The number of carbonyl (C=O) groups excluding carboxylic acids is 1. The number of nitrogens with one attached hydrogen (secondary N) is 1. The first kappa shape index (κ1) is 14.9. The van der Waals surface area contributed by atoms with E-state index in [-0.39, 0.29) is 27.0 Å². The topological polar surface area (TPSA) is 55.1 Å². The molecule has 0 saturated carbocycles. The van der Waals surface area contributed by atoms with Gasteiger partial charge in [0.15, 0.2) is 0 Å². The fourth-order valence-electron chi connectivity index (χ4n) is 0.984. The number of hydrogen-bond donors (Lipinski definition) is 2. The van der Waals surface area contributed by atoms with Crippen molar-refractivity contribution in [2.45, 2.75) is 20.8 Å². The number of anilines is 1. The molecule has 0 heterocycles.